The van der Waals surface area contributed by atoms with Crippen molar-refractivity contribution in [2.24, 2.45) is 0 Å². The third-order valence-corrected chi connectivity index (χ3v) is 4.37. The van der Waals surface area contributed by atoms with Crippen molar-refractivity contribution in [3.05, 3.63) is 23.5 Å². The van der Waals surface area contributed by atoms with Gasteiger partial charge < -0.3 is 14.4 Å². The predicted molar refractivity (Wildman–Crippen MR) is 84.3 cm³/mol. The second-order valence-corrected chi connectivity index (χ2v) is 6.59. The van der Waals surface area contributed by atoms with E-state index in [1.807, 2.05) is 29.8 Å². The Morgan fingerprint density at radius 3 is 2.83 bits per heavy atom. The van der Waals surface area contributed by atoms with E-state index in [0.29, 0.717) is 18.8 Å². The average molecular weight is 337 g/mol. The maximum absolute atomic E-state index is 12.1. The number of ether oxygens (including phenoxy) is 2. The summed E-state index contributed by atoms with van der Waals surface area (Å²) < 4.78 is 12.5. The van der Waals surface area contributed by atoms with E-state index in [1.165, 1.54) is 11.3 Å². The van der Waals surface area contributed by atoms with Gasteiger partial charge in [-0.15, -0.1) is 11.3 Å². The number of hydrogen-bond acceptors (Lipinski definition) is 6. The molecule has 0 radical (unpaired) electrons. The van der Waals surface area contributed by atoms with Gasteiger partial charge >= 0.3 is 5.97 Å². The number of imidazole rings is 1. The highest BCUT2D eigenvalue weighted by Crippen LogP contribution is 2.13. The molecule has 8 heteroatoms. The third kappa shape index (κ3) is 3.89. The summed E-state index contributed by atoms with van der Waals surface area (Å²) in [7, 11) is 0. The summed E-state index contributed by atoms with van der Waals surface area (Å²) in [5.41, 5.74) is 0.642. The van der Waals surface area contributed by atoms with Gasteiger partial charge in [-0.25, -0.2) is 4.98 Å². The monoisotopic (exact) mass is 337 g/mol. The third-order valence-electron chi connectivity index (χ3n) is 3.60. The van der Waals surface area contributed by atoms with Gasteiger partial charge in [0.05, 0.1) is 24.3 Å². The minimum atomic E-state index is -0.446. The zero-order valence-electron chi connectivity index (χ0n) is 13.1. The molecule has 1 aliphatic heterocycles. The smallest absolute Gasteiger partial charge is 0.312 e. The number of nitrogens with zero attached hydrogens (tertiary/aromatic N) is 3. The maximum atomic E-state index is 12.1. The molecular weight excluding hydrogens is 318 g/mol. The summed E-state index contributed by atoms with van der Waals surface area (Å²) in [6.45, 7) is 4.66. The van der Waals surface area contributed by atoms with Crippen molar-refractivity contribution in [3.8, 4) is 0 Å². The summed E-state index contributed by atoms with van der Waals surface area (Å²) in [5.74, 6) is -0.635. The summed E-state index contributed by atoms with van der Waals surface area (Å²) >= 11 is 1.50. The number of morpholine rings is 1. The molecule has 1 fully saturated rings. The van der Waals surface area contributed by atoms with Crippen LogP contribution >= 0.6 is 11.3 Å². The Balaban J connectivity index is 1.48. The minimum Gasteiger partial charge on any atom is -0.455 e. The first-order chi connectivity index (χ1) is 11.0. The Morgan fingerprint density at radius 1 is 1.39 bits per heavy atom. The number of fused-ring (bicyclic) bond motifs is 1. The molecule has 0 aliphatic carbocycles. The van der Waals surface area contributed by atoms with Gasteiger partial charge in [-0.3, -0.25) is 14.0 Å². The molecule has 0 unspecified atom stereocenters. The second-order valence-electron chi connectivity index (χ2n) is 5.72. The molecular formula is C15H19N3O4S. The van der Waals surface area contributed by atoms with Crippen LogP contribution in [0.3, 0.4) is 0 Å². The first-order valence-corrected chi connectivity index (χ1v) is 8.39. The maximum Gasteiger partial charge on any atom is 0.312 e. The molecule has 23 heavy (non-hydrogen) atoms. The molecule has 0 N–H and O–H groups in total. The summed E-state index contributed by atoms with van der Waals surface area (Å²) in [5, 5.41) is 1.92. The van der Waals surface area contributed by atoms with Crippen molar-refractivity contribution in [2.75, 3.05) is 19.7 Å². The van der Waals surface area contributed by atoms with Gasteiger partial charge in [-0.1, -0.05) is 0 Å². The van der Waals surface area contributed by atoms with E-state index in [9.17, 15) is 9.59 Å². The van der Waals surface area contributed by atoms with E-state index in [-0.39, 0.29) is 31.1 Å². The van der Waals surface area contributed by atoms with Gasteiger partial charge in [-0.05, 0) is 13.8 Å². The molecule has 0 spiro atoms. The van der Waals surface area contributed by atoms with Crippen LogP contribution in [0.15, 0.2) is 17.8 Å². The van der Waals surface area contributed by atoms with Gasteiger partial charge in [0.2, 0.25) is 0 Å². The van der Waals surface area contributed by atoms with E-state index >= 15 is 0 Å². The van der Waals surface area contributed by atoms with Crippen LogP contribution in [-0.4, -0.2) is 58.1 Å². The van der Waals surface area contributed by atoms with Crippen molar-refractivity contribution >= 4 is 28.2 Å². The SMILES string of the molecule is C[C@H]1CN(C(=O)COC(=O)Cc2cn3ccsc3n2)C[C@H](C)O1. The Labute approximate surface area is 137 Å². The fourth-order valence-corrected chi connectivity index (χ4v) is 3.39. The summed E-state index contributed by atoms with van der Waals surface area (Å²) in [4.78, 5) is 30.8. The first kappa shape index (κ1) is 15.9. The molecule has 3 rings (SSSR count). The van der Waals surface area contributed by atoms with E-state index in [4.69, 9.17) is 9.47 Å². The lowest BCUT2D eigenvalue weighted by atomic mass is 10.2. The van der Waals surface area contributed by atoms with Crippen LogP contribution in [-0.2, 0) is 25.5 Å². The first-order valence-electron chi connectivity index (χ1n) is 7.51. The van der Waals surface area contributed by atoms with Crippen LogP contribution in [0.5, 0.6) is 0 Å². The van der Waals surface area contributed by atoms with E-state index in [1.54, 1.807) is 11.1 Å². The number of carbonyl (C=O) groups excluding carboxylic acids is 2. The Kier molecular flexibility index (Phi) is 4.63. The van der Waals surface area contributed by atoms with Gasteiger partial charge in [0.1, 0.15) is 0 Å². The number of carbonyl (C=O) groups is 2. The molecule has 3 heterocycles. The van der Waals surface area contributed by atoms with Crippen LogP contribution < -0.4 is 0 Å². The zero-order chi connectivity index (χ0) is 16.4. The molecule has 2 atom stereocenters. The van der Waals surface area contributed by atoms with Crippen LogP contribution in [0, 0.1) is 0 Å². The molecule has 7 nitrogen and oxygen atoms in total. The predicted octanol–water partition coefficient (Wildman–Crippen LogP) is 1.12. The van der Waals surface area contributed by atoms with E-state index in [2.05, 4.69) is 4.98 Å². The molecule has 0 bridgehead atoms. The number of esters is 1. The number of rotatable bonds is 4. The van der Waals surface area contributed by atoms with Crippen LogP contribution in [0.25, 0.3) is 4.96 Å². The lowest BCUT2D eigenvalue weighted by Crippen LogP contribution is -2.49. The number of aromatic nitrogens is 2. The largest absolute Gasteiger partial charge is 0.455 e. The minimum absolute atomic E-state index is 0.00288. The molecule has 0 saturated carbocycles. The van der Waals surface area contributed by atoms with Gasteiger partial charge in [0, 0.05) is 30.9 Å². The van der Waals surface area contributed by atoms with E-state index in [0.717, 1.165) is 4.96 Å². The van der Waals surface area contributed by atoms with Crippen molar-refractivity contribution in [1.82, 2.24) is 14.3 Å². The molecule has 1 aliphatic rings. The highest BCUT2D eigenvalue weighted by atomic mass is 32.1. The second kappa shape index (κ2) is 6.67. The van der Waals surface area contributed by atoms with Crippen LogP contribution in [0.1, 0.15) is 19.5 Å². The molecule has 1 saturated heterocycles. The Bertz CT molecular complexity index is 672. The highest BCUT2D eigenvalue weighted by Gasteiger charge is 2.26. The van der Waals surface area contributed by atoms with Crippen molar-refractivity contribution < 1.29 is 19.1 Å². The molecule has 1 amide bonds. The highest BCUT2D eigenvalue weighted by molar-refractivity contribution is 7.15. The molecule has 2 aromatic rings. The number of amides is 1. The Morgan fingerprint density at radius 2 is 2.13 bits per heavy atom. The zero-order valence-corrected chi connectivity index (χ0v) is 13.9. The number of thiazole rings is 1. The fourth-order valence-electron chi connectivity index (χ4n) is 2.68. The van der Waals surface area contributed by atoms with E-state index < -0.39 is 5.97 Å². The quantitative estimate of drug-likeness (QED) is 0.782. The normalized spacial score (nSPS) is 21.6. The molecule has 2 aromatic heterocycles. The van der Waals surface area contributed by atoms with Crippen LogP contribution in [0.4, 0.5) is 0 Å². The van der Waals surface area contributed by atoms with Gasteiger partial charge in [0.15, 0.2) is 11.6 Å². The van der Waals surface area contributed by atoms with Crippen molar-refractivity contribution in [3.63, 3.8) is 0 Å². The lowest BCUT2D eigenvalue weighted by Gasteiger charge is -2.35. The standard InChI is InChI=1S/C15H19N3O4S/c1-10-6-18(7-11(2)22-10)13(19)9-21-14(20)5-12-8-17-3-4-23-15(17)16-12/h3-4,8,10-11H,5-7,9H2,1-2H3/t10-,11-/m0/s1. The Hall–Kier alpha value is -1.93. The van der Waals surface area contributed by atoms with Gasteiger partial charge in [-0.2, -0.15) is 0 Å². The topological polar surface area (TPSA) is 73.1 Å². The lowest BCUT2D eigenvalue weighted by molar-refractivity contribution is -0.156. The summed E-state index contributed by atoms with van der Waals surface area (Å²) in [6.07, 6.45) is 3.73. The summed E-state index contributed by atoms with van der Waals surface area (Å²) in [6, 6.07) is 0. The number of hydrogen-bond donors (Lipinski definition) is 0. The van der Waals surface area contributed by atoms with Crippen molar-refractivity contribution in [1.29, 1.82) is 0 Å². The van der Waals surface area contributed by atoms with Crippen molar-refractivity contribution in [2.45, 2.75) is 32.5 Å². The average Bonchev–Trinajstić information content (AvgIpc) is 3.04. The van der Waals surface area contributed by atoms with Crippen LogP contribution in [0.2, 0.25) is 0 Å². The molecule has 0 aromatic carbocycles. The van der Waals surface area contributed by atoms with Gasteiger partial charge in [0.25, 0.3) is 5.91 Å². The fraction of sp³-hybridized carbons (Fsp3) is 0.533. The molecule has 124 valence electrons.